The summed E-state index contributed by atoms with van der Waals surface area (Å²) >= 11 is 0. The summed E-state index contributed by atoms with van der Waals surface area (Å²) in [5.74, 6) is -0.0338. The normalized spacial score (nSPS) is 10.3. The number of rotatable bonds is 4. The fourth-order valence-electron chi connectivity index (χ4n) is 1.54. The predicted octanol–water partition coefficient (Wildman–Crippen LogP) is 0.987. The molecule has 0 saturated carbocycles. The molecule has 7 nitrogen and oxygen atoms in total. The van der Waals surface area contributed by atoms with E-state index in [0.29, 0.717) is 11.5 Å². The first kappa shape index (κ1) is 12.0. The second kappa shape index (κ2) is 5.26. The van der Waals surface area contributed by atoms with Gasteiger partial charge in [-0.1, -0.05) is 13.3 Å². The van der Waals surface area contributed by atoms with Crippen LogP contribution in [0.2, 0.25) is 0 Å². The first-order valence-corrected chi connectivity index (χ1v) is 5.62. The van der Waals surface area contributed by atoms with Gasteiger partial charge in [0, 0.05) is 12.4 Å². The van der Waals surface area contributed by atoms with E-state index in [1.807, 2.05) is 6.92 Å². The van der Waals surface area contributed by atoms with Gasteiger partial charge in [-0.15, -0.1) is 0 Å². The Hall–Kier alpha value is -2.44. The second-order valence-electron chi connectivity index (χ2n) is 3.76. The van der Waals surface area contributed by atoms with Gasteiger partial charge in [-0.2, -0.15) is 5.10 Å². The molecular weight excluding hydrogens is 232 g/mol. The molecule has 2 rings (SSSR count). The highest BCUT2D eigenvalue weighted by atomic mass is 16.2. The number of aromatic amines is 1. The van der Waals surface area contributed by atoms with Crippen molar-refractivity contribution >= 4 is 17.4 Å². The van der Waals surface area contributed by atoms with Crippen molar-refractivity contribution in [2.24, 2.45) is 0 Å². The van der Waals surface area contributed by atoms with E-state index in [-0.39, 0.29) is 5.69 Å². The molecule has 0 bridgehead atoms. The minimum atomic E-state index is -0.397. The predicted molar refractivity (Wildman–Crippen MR) is 67.0 cm³/mol. The maximum Gasteiger partial charge on any atom is 0.279 e. The molecule has 94 valence electrons. The number of amides is 1. The van der Waals surface area contributed by atoms with Gasteiger partial charge < -0.3 is 11.1 Å². The zero-order valence-electron chi connectivity index (χ0n) is 9.97. The third-order valence-electron chi connectivity index (χ3n) is 2.40. The summed E-state index contributed by atoms with van der Waals surface area (Å²) in [7, 11) is 0. The third kappa shape index (κ3) is 2.45. The van der Waals surface area contributed by atoms with Gasteiger partial charge in [-0.05, 0) is 6.42 Å². The summed E-state index contributed by atoms with van der Waals surface area (Å²) in [5, 5.41) is 9.27. The Kier molecular flexibility index (Phi) is 3.52. The zero-order chi connectivity index (χ0) is 13.0. The van der Waals surface area contributed by atoms with Gasteiger partial charge in [-0.3, -0.25) is 14.9 Å². The maximum atomic E-state index is 11.9. The number of nitrogen functional groups attached to an aromatic ring is 1. The summed E-state index contributed by atoms with van der Waals surface area (Å²) in [4.78, 5) is 19.7. The maximum absolute atomic E-state index is 11.9. The smallest absolute Gasteiger partial charge is 0.279 e. The van der Waals surface area contributed by atoms with Crippen molar-refractivity contribution in [1.82, 2.24) is 20.2 Å². The molecule has 0 fully saturated rings. The van der Waals surface area contributed by atoms with Crippen LogP contribution in [0.15, 0.2) is 18.6 Å². The highest BCUT2D eigenvalue weighted by Gasteiger charge is 2.17. The van der Waals surface area contributed by atoms with Crippen LogP contribution < -0.4 is 11.1 Å². The van der Waals surface area contributed by atoms with E-state index < -0.39 is 5.91 Å². The van der Waals surface area contributed by atoms with Crippen LogP contribution in [-0.4, -0.2) is 26.1 Å². The highest BCUT2D eigenvalue weighted by Crippen LogP contribution is 2.16. The van der Waals surface area contributed by atoms with Crippen molar-refractivity contribution in [2.75, 3.05) is 11.1 Å². The molecule has 0 aromatic carbocycles. The number of carbonyl (C=O) groups excluding carboxylic acids is 1. The van der Waals surface area contributed by atoms with Crippen LogP contribution in [0.25, 0.3) is 0 Å². The molecular formula is C11H14N6O. The highest BCUT2D eigenvalue weighted by molar-refractivity contribution is 6.06. The molecule has 0 saturated heterocycles. The summed E-state index contributed by atoms with van der Waals surface area (Å²) in [5.41, 5.74) is 7.20. The lowest BCUT2D eigenvalue weighted by atomic mass is 10.2. The number of nitrogens with one attached hydrogen (secondary N) is 2. The van der Waals surface area contributed by atoms with Crippen LogP contribution in [0.3, 0.4) is 0 Å². The minimum Gasteiger partial charge on any atom is -0.395 e. The molecule has 0 spiro atoms. The molecule has 0 aliphatic carbocycles. The van der Waals surface area contributed by atoms with Gasteiger partial charge in [0.2, 0.25) is 0 Å². The number of hydrogen-bond acceptors (Lipinski definition) is 5. The van der Waals surface area contributed by atoms with Crippen LogP contribution in [0, 0.1) is 0 Å². The van der Waals surface area contributed by atoms with Crippen molar-refractivity contribution in [3.05, 3.63) is 30.0 Å². The fraction of sp³-hybridized carbons (Fsp3) is 0.273. The zero-order valence-corrected chi connectivity index (χ0v) is 9.97. The Labute approximate surface area is 104 Å². The molecule has 0 aliphatic heterocycles. The molecule has 2 aromatic rings. The Morgan fingerprint density at radius 1 is 1.50 bits per heavy atom. The quantitative estimate of drug-likeness (QED) is 0.745. The SMILES string of the molecule is CCCc1[nH]nc(C(=O)Nc2cnccn2)c1N. The number of nitrogens with zero attached hydrogens (tertiary/aromatic N) is 3. The van der Waals surface area contributed by atoms with Crippen LogP contribution in [0.1, 0.15) is 29.5 Å². The molecule has 0 radical (unpaired) electrons. The number of nitrogens with two attached hydrogens (primary N) is 1. The molecule has 0 aliphatic rings. The molecule has 7 heteroatoms. The second-order valence-corrected chi connectivity index (χ2v) is 3.76. The van der Waals surface area contributed by atoms with Crippen molar-refractivity contribution in [1.29, 1.82) is 0 Å². The van der Waals surface area contributed by atoms with Gasteiger partial charge >= 0.3 is 0 Å². The van der Waals surface area contributed by atoms with E-state index in [2.05, 4.69) is 25.5 Å². The largest absolute Gasteiger partial charge is 0.395 e. The Balaban J connectivity index is 2.14. The molecule has 2 aromatic heterocycles. The molecule has 1 amide bonds. The standard InChI is InChI=1S/C11H14N6O/c1-2-3-7-9(12)10(17-16-7)11(18)15-8-6-13-4-5-14-8/h4-6H,2-3,12H2,1H3,(H,16,17)(H,14,15,18). The summed E-state index contributed by atoms with van der Waals surface area (Å²) in [6, 6.07) is 0. The number of anilines is 2. The van der Waals surface area contributed by atoms with E-state index in [1.165, 1.54) is 18.6 Å². The Morgan fingerprint density at radius 2 is 2.33 bits per heavy atom. The van der Waals surface area contributed by atoms with E-state index in [4.69, 9.17) is 5.73 Å². The fourth-order valence-corrected chi connectivity index (χ4v) is 1.54. The van der Waals surface area contributed by atoms with Gasteiger partial charge in [0.15, 0.2) is 11.5 Å². The van der Waals surface area contributed by atoms with Gasteiger partial charge in [0.05, 0.1) is 17.6 Å². The van der Waals surface area contributed by atoms with E-state index in [1.54, 1.807) is 0 Å². The first-order chi connectivity index (χ1) is 8.72. The lowest BCUT2D eigenvalue weighted by molar-refractivity contribution is 0.102. The molecule has 2 heterocycles. The van der Waals surface area contributed by atoms with E-state index in [0.717, 1.165) is 18.5 Å². The van der Waals surface area contributed by atoms with Crippen molar-refractivity contribution in [2.45, 2.75) is 19.8 Å². The summed E-state index contributed by atoms with van der Waals surface area (Å²) in [6.45, 7) is 2.03. The number of carbonyl (C=O) groups is 1. The average Bonchev–Trinajstić information content (AvgIpc) is 2.73. The van der Waals surface area contributed by atoms with Crippen molar-refractivity contribution in [3.63, 3.8) is 0 Å². The van der Waals surface area contributed by atoms with Crippen molar-refractivity contribution in [3.8, 4) is 0 Å². The minimum absolute atomic E-state index is 0.184. The van der Waals surface area contributed by atoms with Crippen molar-refractivity contribution < 1.29 is 4.79 Å². The summed E-state index contributed by atoms with van der Waals surface area (Å²) in [6.07, 6.45) is 6.16. The van der Waals surface area contributed by atoms with Gasteiger partial charge in [0.1, 0.15) is 0 Å². The number of aromatic nitrogens is 4. The summed E-state index contributed by atoms with van der Waals surface area (Å²) < 4.78 is 0. The number of hydrogen-bond donors (Lipinski definition) is 3. The first-order valence-electron chi connectivity index (χ1n) is 5.62. The number of aryl methyl sites for hydroxylation is 1. The van der Waals surface area contributed by atoms with E-state index >= 15 is 0 Å². The molecule has 4 N–H and O–H groups in total. The Morgan fingerprint density at radius 3 is 3.00 bits per heavy atom. The topological polar surface area (TPSA) is 110 Å². The molecule has 0 unspecified atom stereocenters. The monoisotopic (exact) mass is 246 g/mol. The Bertz CT molecular complexity index is 536. The lowest BCUT2D eigenvalue weighted by Crippen LogP contribution is -2.15. The van der Waals surface area contributed by atoms with E-state index in [9.17, 15) is 4.79 Å². The van der Waals surface area contributed by atoms with Crippen LogP contribution in [0.5, 0.6) is 0 Å². The van der Waals surface area contributed by atoms with Crippen LogP contribution >= 0.6 is 0 Å². The van der Waals surface area contributed by atoms with Gasteiger partial charge in [-0.25, -0.2) is 4.98 Å². The van der Waals surface area contributed by atoms with Gasteiger partial charge in [0.25, 0.3) is 5.91 Å². The third-order valence-corrected chi connectivity index (χ3v) is 2.40. The molecule has 0 atom stereocenters. The van der Waals surface area contributed by atoms with Crippen LogP contribution in [0.4, 0.5) is 11.5 Å². The average molecular weight is 246 g/mol. The lowest BCUT2D eigenvalue weighted by Gasteiger charge is -2.01. The number of H-pyrrole nitrogens is 1. The van der Waals surface area contributed by atoms with Crippen LogP contribution in [-0.2, 0) is 6.42 Å². The molecule has 18 heavy (non-hydrogen) atoms.